The van der Waals surface area contributed by atoms with Crippen LogP contribution in [0.1, 0.15) is 47.6 Å². The van der Waals surface area contributed by atoms with E-state index in [1.165, 1.54) is 13.8 Å². The summed E-state index contributed by atoms with van der Waals surface area (Å²) in [6.45, 7) is 2.23. The molecule has 1 aromatic heterocycles. The van der Waals surface area contributed by atoms with Gasteiger partial charge >= 0.3 is 5.97 Å². The molecule has 0 spiro atoms. The third-order valence-electron chi connectivity index (χ3n) is 4.12. The molecule has 130 valence electrons. The molecule has 1 fully saturated rings. The molecule has 0 radical (unpaired) electrons. The van der Waals surface area contributed by atoms with Crippen LogP contribution in [0.2, 0.25) is 0 Å². The summed E-state index contributed by atoms with van der Waals surface area (Å²) < 4.78 is 59.5. The molecule has 1 aliphatic rings. The molecule has 1 atom stereocenters. The summed E-state index contributed by atoms with van der Waals surface area (Å²) in [5.74, 6) is -5.57. The van der Waals surface area contributed by atoms with Gasteiger partial charge in [-0.25, -0.2) is 26.7 Å². The number of rotatable bonds is 5. The fourth-order valence-electron chi connectivity index (χ4n) is 2.93. The van der Waals surface area contributed by atoms with Crippen molar-refractivity contribution in [2.45, 2.75) is 50.3 Å². The van der Waals surface area contributed by atoms with Crippen molar-refractivity contribution in [3.63, 3.8) is 0 Å². The monoisotopic (exact) mass is 351 g/mol. The second-order valence-corrected chi connectivity index (χ2v) is 7.48. The van der Waals surface area contributed by atoms with E-state index in [0.717, 1.165) is 0 Å². The summed E-state index contributed by atoms with van der Waals surface area (Å²) in [6.07, 6.45) is 1.000. The largest absolute Gasteiger partial charge is 0.478 e. The number of alkyl halides is 2. The third-order valence-corrected chi connectivity index (χ3v) is 5.69. The average Bonchev–Trinajstić information content (AvgIpc) is 2.72. The molecule has 0 bridgehead atoms. The minimum atomic E-state index is -4.25. The van der Waals surface area contributed by atoms with E-state index in [2.05, 4.69) is 4.72 Å². The first-order chi connectivity index (χ1) is 10.6. The molecule has 1 aliphatic carbocycles. The van der Waals surface area contributed by atoms with E-state index >= 15 is 0 Å². The van der Waals surface area contributed by atoms with E-state index in [0.29, 0.717) is 12.8 Å². The zero-order chi connectivity index (χ0) is 17.4. The number of hydrogen-bond donors (Lipinski definition) is 2. The van der Waals surface area contributed by atoms with Gasteiger partial charge in [-0.3, -0.25) is 0 Å². The molecule has 0 aliphatic heterocycles. The number of carboxylic acid groups (broad SMARTS) is 1. The lowest BCUT2D eigenvalue weighted by atomic mass is 9.86. The first-order valence-corrected chi connectivity index (χ1v) is 8.75. The zero-order valence-corrected chi connectivity index (χ0v) is 13.7. The Morgan fingerprint density at radius 2 is 2.00 bits per heavy atom. The van der Waals surface area contributed by atoms with Gasteiger partial charge in [-0.1, -0.05) is 6.42 Å². The molecule has 23 heavy (non-hydrogen) atoms. The topological polar surface area (TPSA) is 96.6 Å². The summed E-state index contributed by atoms with van der Waals surface area (Å²) in [5.41, 5.74) is -0.467. The smallest absolute Gasteiger partial charge is 0.340 e. The summed E-state index contributed by atoms with van der Waals surface area (Å²) in [5, 5.41) is 9.15. The third kappa shape index (κ3) is 3.55. The van der Waals surface area contributed by atoms with Crippen LogP contribution in [0.3, 0.4) is 0 Å². The van der Waals surface area contributed by atoms with Crippen molar-refractivity contribution >= 4 is 16.0 Å². The van der Waals surface area contributed by atoms with Crippen molar-refractivity contribution in [1.82, 2.24) is 4.72 Å². The predicted molar refractivity (Wildman–Crippen MR) is 77.2 cm³/mol. The summed E-state index contributed by atoms with van der Waals surface area (Å²) in [6, 6.07) is 0. The maximum Gasteiger partial charge on any atom is 0.340 e. The van der Waals surface area contributed by atoms with Crippen molar-refractivity contribution in [2.75, 3.05) is 6.54 Å². The van der Waals surface area contributed by atoms with Gasteiger partial charge in [0, 0.05) is 18.9 Å². The minimum Gasteiger partial charge on any atom is -0.478 e. The first kappa shape index (κ1) is 17.9. The van der Waals surface area contributed by atoms with Gasteiger partial charge in [0.1, 0.15) is 22.0 Å². The van der Waals surface area contributed by atoms with E-state index in [-0.39, 0.29) is 24.4 Å². The van der Waals surface area contributed by atoms with Crippen LogP contribution in [-0.4, -0.2) is 32.0 Å². The first-order valence-electron chi connectivity index (χ1n) is 7.27. The van der Waals surface area contributed by atoms with E-state index in [9.17, 15) is 22.0 Å². The highest BCUT2D eigenvalue weighted by Crippen LogP contribution is 2.38. The highest BCUT2D eigenvalue weighted by atomic mass is 32.2. The number of nitrogens with one attached hydrogen (secondary N) is 1. The van der Waals surface area contributed by atoms with Crippen molar-refractivity contribution in [2.24, 2.45) is 5.92 Å². The highest BCUT2D eigenvalue weighted by molar-refractivity contribution is 7.89. The van der Waals surface area contributed by atoms with Crippen molar-refractivity contribution in [1.29, 1.82) is 0 Å². The van der Waals surface area contributed by atoms with Crippen molar-refractivity contribution in [3.8, 4) is 0 Å². The fourth-order valence-corrected chi connectivity index (χ4v) is 4.42. The highest BCUT2D eigenvalue weighted by Gasteiger charge is 2.42. The number of hydrogen-bond acceptors (Lipinski definition) is 4. The van der Waals surface area contributed by atoms with Gasteiger partial charge in [0.05, 0.1) is 0 Å². The number of sulfonamides is 1. The van der Waals surface area contributed by atoms with Gasteiger partial charge in [0.15, 0.2) is 0 Å². The van der Waals surface area contributed by atoms with Crippen LogP contribution in [0.5, 0.6) is 0 Å². The molecule has 0 amide bonds. The molecule has 0 aromatic carbocycles. The molecule has 2 N–H and O–H groups in total. The summed E-state index contributed by atoms with van der Waals surface area (Å²) >= 11 is 0. The second kappa shape index (κ2) is 6.20. The molecule has 1 aromatic rings. The number of aryl methyl sites for hydroxylation is 2. The molecular formula is C14H19F2NO5S. The molecule has 1 saturated carbocycles. The van der Waals surface area contributed by atoms with E-state index in [1.54, 1.807) is 0 Å². The Bertz CT molecular complexity index is 711. The van der Waals surface area contributed by atoms with Crippen LogP contribution in [0.4, 0.5) is 8.78 Å². The zero-order valence-electron chi connectivity index (χ0n) is 12.9. The van der Waals surface area contributed by atoms with Gasteiger partial charge in [-0.05, 0) is 26.7 Å². The van der Waals surface area contributed by atoms with Crippen molar-refractivity contribution in [3.05, 3.63) is 17.1 Å². The summed E-state index contributed by atoms with van der Waals surface area (Å²) in [7, 11) is -4.25. The lowest BCUT2D eigenvalue weighted by Gasteiger charge is -2.31. The quantitative estimate of drug-likeness (QED) is 0.850. The number of halogens is 2. The molecule has 1 heterocycles. The van der Waals surface area contributed by atoms with Crippen LogP contribution in [0, 0.1) is 19.8 Å². The van der Waals surface area contributed by atoms with E-state index in [4.69, 9.17) is 9.52 Å². The Balaban J connectivity index is 2.25. The standard InChI is InChI=1S/C14H19F2NO5S/c1-8-11(13(18)19)12(9(2)22-8)23(20,21)17-7-10-5-3-4-6-14(10,15)16/h10,17H,3-7H2,1-2H3,(H,18,19). The fraction of sp³-hybridized carbons (Fsp3) is 0.643. The Morgan fingerprint density at radius 3 is 2.57 bits per heavy atom. The number of aromatic carboxylic acids is 1. The Hall–Kier alpha value is -1.48. The normalized spacial score (nSPS) is 21.3. The number of carbonyl (C=O) groups is 1. The van der Waals surface area contributed by atoms with Gasteiger partial charge in [-0.2, -0.15) is 0 Å². The van der Waals surface area contributed by atoms with Crippen LogP contribution in [0.25, 0.3) is 0 Å². The lowest BCUT2D eigenvalue weighted by molar-refractivity contribution is -0.0827. The Labute approximate surface area is 132 Å². The second-order valence-electron chi connectivity index (χ2n) is 5.78. The number of furan rings is 1. The average molecular weight is 351 g/mol. The maximum absolute atomic E-state index is 13.8. The minimum absolute atomic E-state index is 0.0432. The molecule has 2 rings (SSSR count). The lowest BCUT2D eigenvalue weighted by Crippen LogP contribution is -2.41. The molecule has 0 saturated heterocycles. The van der Waals surface area contributed by atoms with E-state index < -0.39 is 44.8 Å². The van der Waals surface area contributed by atoms with Gasteiger partial charge in [0.2, 0.25) is 10.0 Å². The van der Waals surface area contributed by atoms with Crippen LogP contribution in [0.15, 0.2) is 9.31 Å². The number of carboxylic acids is 1. The van der Waals surface area contributed by atoms with Crippen molar-refractivity contribution < 1.29 is 31.5 Å². The predicted octanol–water partition coefficient (Wildman–Crippen LogP) is 2.70. The summed E-state index contributed by atoms with van der Waals surface area (Å²) in [4.78, 5) is 10.7. The Morgan fingerprint density at radius 1 is 1.35 bits per heavy atom. The van der Waals surface area contributed by atoms with Crippen LogP contribution >= 0.6 is 0 Å². The van der Waals surface area contributed by atoms with E-state index in [1.807, 2.05) is 0 Å². The Kier molecular flexibility index (Phi) is 4.81. The molecule has 6 nitrogen and oxygen atoms in total. The van der Waals surface area contributed by atoms with Crippen LogP contribution < -0.4 is 4.72 Å². The molecular weight excluding hydrogens is 332 g/mol. The molecule has 1 unspecified atom stereocenters. The maximum atomic E-state index is 13.8. The van der Waals surface area contributed by atoms with Crippen LogP contribution in [-0.2, 0) is 10.0 Å². The SMILES string of the molecule is Cc1oc(C)c(S(=O)(=O)NCC2CCCCC2(F)F)c1C(=O)O. The molecule has 9 heteroatoms. The van der Waals surface area contributed by atoms with Gasteiger partial charge in [0.25, 0.3) is 5.92 Å². The van der Waals surface area contributed by atoms with Gasteiger partial charge < -0.3 is 9.52 Å². The van der Waals surface area contributed by atoms with Gasteiger partial charge in [-0.15, -0.1) is 0 Å².